The average Bonchev–Trinajstić information content (AvgIpc) is 2.68. The first-order valence-electron chi connectivity index (χ1n) is 7.33. The highest BCUT2D eigenvalue weighted by Crippen LogP contribution is 2.40. The van der Waals surface area contributed by atoms with Crippen LogP contribution in [0.5, 0.6) is 0 Å². The predicted octanol–water partition coefficient (Wildman–Crippen LogP) is 1.72. The van der Waals surface area contributed by atoms with Gasteiger partial charge in [-0.3, -0.25) is 0 Å². The molecule has 5 nitrogen and oxygen atoms in total. The highest BCUT2D eigenvalue weighted by molar-refractivity contribution is 7.72. The van der Waals surface area contributed by atoms with Gasteiger partial charge in [-0.1, -0.05) is 0 Å². The molecule has 124 valence electrons. The fourth-order valence-corrected chi connectivity index (χ4v) is 3.79. The van der Waals surface area contributed by atoms with Gasteiger partial charge >= 0.3 is 0 Å². The summed E-state index contributed by atoms with van der Waals surface area (Å²) in [6.07, 6.45) is 4.85. The van der Waals surface area contributed by atoms with Crippen molar-refractivity contribution in [1.29, 1.82) is 0 Å². The van der Waals surface area contributed by atoms with E-state index >= 15 is 0 Å². The number of hydrogen-bond acceptors (Lipinski definition) is 5. The molecular weight excluding hydrogens is 319 g/mol. The summed E-state index contributed by atoms with van der Waals surface area (Å²) >= 11 is 5.13. The van der Waals surface area contributed by atoms with E-state index in [0.29, 0.717) is 11.2 Å². The third-order valence-electron chi connectivity index (χ3n) is 4.00. The summed E-state index contributed by atoms with van der Waals surface area (Å²) in [6, 6.07) is 0. The number of nitrogens with zero attached hydrogens (tertiary/aromatic N) is 2. The lowest BCUT2D eigenvalue weighted by Crippen LogP contribution is -2.31. The van der Waals surface area contributed by atoms with Crippen LogP contribution in [0.4, 0.5) is 0 Å². The molecule has 1 unspecified atom stereocenters. The molecule has 0 spiro atoms. The maximum absolute atomic E-state index is 10.4. The van der Waals surface area contributed by atoms with Crippen molar-refractivity contribution in [3.05, 3.63) is 22.2 Å². The molecule has 1 aromatic heterocycles. The number of aryl methyl sites for hydroxylation is 2. The van der Waals surface area contributed by atoms with Gasteiger partial charge in [0.2, 0.25) is 0 Å². The normalized spacial score (nSPS) is 29.0. The predicted molar refractivity (Wildman–Crippen MR) is 93.8 cm³/mol. The van der Waals surface area contributed by atoms with E-state index in [0.717, 1.165) is 17.4 Å². The highest BCUT2D eigenvalue weighted by Gasteiger charge is 2.43. The first-order chi connectivity index (χ1) is 10.1. The van der Waals surface area contributed by atoms with E-state index in [-0.39, 0.29) is 6.10 Å². The number of aliphatic hydroxyl groups is 2. The van der Waals surface area contributed by atoms with Gasteiger partial charge in [0.1, 0.15) is 18.3 Å². The second kappa shape index (κ2) is 6.54. The molecule has 1 aromatic rings. The Labute approximate surface area is 136 Å². The Bertz CT molecular complexity index is 655. The lowest BCUT2D eigenvalue weighted by Gasteiger charge is -2.19. The van der Waals surface area contributed by atoms with Gasteiger partial charge in [-0.25, -0.2) is 4.98 Å². The molecule has 0 saturated carbocycles. The molecule has 1 aliphatic rings. The summed E-state index contributed by atoms with van der Waals surface area (Å²) in [5.74, 6) is 0. The Morgan fingerprint density at radius 3 is 2.64 bits per heavy atom. The highest BCUT2D eigenvalue weighted by atomic mass is 32.1. The number of aliphatic hydroxyl groups excluding tert-OH is 2. The molecule has 2 N–H and O–H groups in total. The zero-order valence-electron chi connectivity index (χ0n) is 13.6. The van der Waals surface area contributed by atoms with E-state index in [4.69, 9.17) is 17.0 Å². The topological polar surface area (TPSA) is 67.5 Å². The van der Waals surface area contributed by atoms with E-state index < -0.39 is 25.2 Å². The zero-order valence-corrected chi connectivity index (χ0v) is 15.3. The lowest BCUT2D eigenvalue weighted by molar-refractivity contribution is 0.00521. The van der Waals surface area contributed by atoms with Crippen molar-refractivity contribution >= 4 is 25.4 Å². The van der Waals surface area contributed by atoms with Crippen LogP contribution < -0.4 is 0 Å². The van der Waals surface area contributed by atoms with Gasteiger partial charge in [0.05, 0.1) is 6.10 Å². The average molecular weight is 344 g/mol. The molecule has 0 bridgehead atoms. The van der Waals surface area contributed by atoms with Crippen molar-refractivity contribution in [1.82, 2.24) is 9.55 Å². The monoisotopic (exact) mass is 344 g/mol. The number of aromatic nitrogens is 2. The summed E-state index contributed by atoms with van der Waals surface area (Å²) in [5.41, 5.74) is 1.50. The van der Waals surface area contributed by atoms with Crippen LogP contribution in [0.2, 0.25) is 0 Å². The molecule has 0 aromatic carbocycles. The molecule has 1 fully saturated rings. The Morgan fingerprint density at radius 2 is 2.05 bits per heavy atom. The Kier molecular flexibility index (Phi) is 5.30. The van der Waals surface area contributed by atoms with Gasteiger partial charge < -0.3 is 19.5 Å². The second-order valence-electron chi connectivity index (χ2n) is 6.70. The molecule has 4 atom stereocenters. The van der Waals surface area contributed by atoms with Crippen molar-refractivity contribution in [2.75, 3.05) is 19.5 Å². The summed E-state index contributed by atoms with van der Waals surface area (Å²) in [5, 5.41) is 20.6. The largest absolute Gasteiger partial charge is 0.388 e. The smallest absolute Gasteiger partial charge is 0.199 e. The van der Waals surface area contributed by atoms with Crippen molar-refractivity contribution in [3.63, 3.8) is 0 Å². The fourth-order valence-electron chi connectivity index (χ4n) is 2.64. The Balaban J connectivity index is 2.21. The van der Waals surface area contributed by atoms with Gasteiger partial charge in [0, 0.05) is 24.5 Å². The van der Waals surface area contributed by atoms with E-state index in [1.54, 1.807) is 4.57 Å². The maximum Gasteiger partial charge on any atom is 0.199 e. The molecule has 1 saturated heterocycles. The number of rotatable bonds is 4. The van der Waals surface area contributed by atoms with Gasteiger partial charge in [0.25, 0.3) is 0 Å². The minimum atomic E-state index is -1.18. The Morgan fingerprint density at radius 1 is 1.41 bits per heavy atom. The standard InChI is InChI=1S/C15H25N2O3PS/c1-9-10(8-17(2)15(22)16-9)14-13(19)12(18)11(20-14)6-7-21(3,4)5/h8,11-14,18-19H,3,6-7H2,1-2,4-5H3/t11-,12-,13-,14?/m1/s1. The summed E-state index contributed by atoms with van der Waals surface area (Å²) in [7, 11) is 1.81. The van der Waals surface area contributed by atoms with Crippen LogP contribution in [-0.4, -0.2) is 63.9 Å². The van der Waals surface area contributed by atoms with Crippen LogP contribution in [0.3, 0.4) is 0 Å². The molecule has 22 heavy (non-hydrogen) atoms. The van der Waals surface area contributed by atoms with Crippen molar-refractivity contribution in [2.45, 2.75) is 37.8 Å². The molecular formula is C15H25N2O3PS. The van der Waals surface area contributed by atoms with Gasteiger partial charge in [-0.05, 0) is 45.1 Å². The van der Waals surface area contributed by atoms with Crippen LogP contribution in [0.15, 0.2) is 6.20 Å². The van der Waals surface area contributed by atoms with Gasteiger partial charge in [-0.2, -0.15) is 0 Å². The molecule has 2 heterocycles. The van der Waals surface area contributed by atoms with Crippen LogP contribution in [-0.2, 0) is 11.8 Å². The number of hydrogen-bond donors (Lipinski definition) is 2. The SMILES string of the molecule is C=P(C)(C)CC[C@H]1OC(c2cn(C)c(=S)nc2C)[C@H](O)[C@@H]1O. The van der Waals surface area contributed by atoms with Crippen LogP contribution in [0.25, 0.3) is 0 Å². The quantitative estimate of drug-likeness (QED) is 0.643. The molecule has 0 aliphatic carbocycles. The molecule has 7 heteroatoms. The van der Waals surface area contributed by atoms with E-state index in [1.165, 1.54) is 0 Å². The summed E-state index contributed by atoms with van der Waals surface area (Å²) < 4.78 is 8.15. The maximum atomic E-state index is 10.4. The zero-order chi connectivity index (χ0) is 16.7. The first-order valence-corrected chi connectivity index (χ1v) is 10.8. The Hall–Kier alpha value is -0.520. The van der Waals surface area contributed by atoms with Crippen LogP contribution in [0.1, 0.15) is 23.8 Å². The lowest BCUT2D eigenvalue weighted by atomic mass is 10.0. The third-order valence-corrected chi connectivity index (χ3v) is 5.85. The second-order valence-corrected chi connectivity index (χ2v) is 11.4. The van der Waals surface area contributed by atoms with Gasteiger partial charge in [0.15, 0.2) is 4.77 Å². The molecule has 2 rings (SSSR count). The van der Waals surface area contributed by atoms with E-state index in [1.807, 2.05) is 20.2 Å². The van der Waals surface area contributed by atoms with E-state index in [9.17, 15) is 10.2 Å². The van der Waals surface area contributed by atoms with Crippen molar-refractivity contribution < 1.29 is 14.9 Å². The fraction of sp³-hybridized carbons (Fsp3) is 0.667. The van der Waals surface area contributed by atoms with Crippen molar-refractivity contribution in [2.24, 2.45) is 7.05 Å². The van der Waals surface area contributed by atoms with Crippen LogP contribution >= 0.6 is 19.1 Å². The minimum Gasteiger partial charge on any atom is -0.388 e. The molecule has 0 amide bonds. The van der Waals surface area contributed by atoms with Gasteiger partial charge in [-0.15, -0.1) is 13.2 Å². The third kappa shape index (κ3) is 3.87. The van der Waals surface area contributed by atoms with Crippen LogP contribution in [0, 0.1) is 11.7 Å². The molecule has 1 aliphatic heterocycles. The molecule has 0 radical (unpaired) electrons. The minimum absolute atomic E-state index is 0.367. The number of ether oxygens (including phenoxy) is 1. The summed E-state index contributed by atoms with van der Waals surface area (Å²) in [6.45, 7) is 4.96. The first kappa shape index (κ1) is 17.8. The van der Waals surface area contributed by atoms with Crippen molar-refractivity contribution in [3.8, 4) is 0 Å². The summed E-state index contributed by atoms with van der Waals surface area (Å²) in [4.78, 5) is 4.29. The van der Waals surface area contributed by atoms with E-state index in [2.05, 4.69) is 24.6 Å².